The number of phenols is 1. The SMILES string of the molecule is CC(C)CC(NC(=O)C(CCCCN)NC(=O)C(N)Cc1ccc(O)cc1)C(=O)N1CCCC1C(=O)O. The van der Waals surface area contributed by atoms with Crippen LogP contribution in [0.15, 0.2) is 24.3 Å². The molecule has 1 aromatic rings. The Labute approximate surface area is 217 Å². The summed E-state index contributed by atoms with van der Waals surface area (Å²) in [6.07, 6.45) is 3.05. The van der Waals surface area contributed by atoms with Crippen molar-refractivity contribution in [2.24, 2.45) is 17.4 Å². The van der Waals surface area contributed by atoms with Crippen molar-refractivity contribution in [2.75, 3.05) is 13.1 Å². The van der Waals surface area contributed by atoms with E-state index in [1.807, 2.05) is 13.8 Å². The average molecular weight is 520 g/mol. The number of likely N-dealkylation sites (tertiary alicyclic amines) is 1. The van der Waals surface area contributed by atoms with Crippen molar-refractivity contribution in [1.29, 1.82) is 0 Å². The quantitative estimate of drug-likeness (QED) is 0.191. The Morgan fingerprint density at radius 1 is 1.05 bits per heavy atom. The summed E-state index contributed by atoms with van der Waals surface area (Å²) in [4.78, 5) is 52.4. The molecule has 1 aliphatic rings. The lowest BCUT2D eigenvalue weighted by molar-refractivity contribution is -0.149. The smallest absolute Gasteiger partial charge is 0.326 e. The number of hydrogen-bond acceptors (Lipinski definition) is 7. The molecule has 2 rings (SSSR count). The van der Waals surface area contributed by atoms with E-state index in [0.717, 1.165) is 5.56 Å². The van der Waals surface area contributed by atoms with Crippen LogP contribution in [-0.4, -0.2) is 76.1 Å². The lowest BCUT2D eigenvalue weighted by Crippen LogP contribution is -2.57. The molecule has 0 spiro atoms. The molecule has 4 unspecified atom stereocenters. The van der Waals surface area contributed by atoms with Gasteiger partial charge in [-0.25, -0.2) is 4.79 Å². The Balaban J connectivity index is 2.12. The van der Waals surface area contributed by atoms with Crippen molar-refractivity contribution in [2.45, 2.75) is 83.0 Å². The minimum Gasteiger partial charge on any atom is -0.508 e. The summed E-state index contributed by atoms with van der Waals surface area (Å²) in [6, 6.07) is 2.67. The molecule has 0 aromatic heterocycles. The van der Waals surface area contributed by atoms with Gasteiger partial charge in [0.1, 0.15) is 23.9 Å². The number of carboxylic acid groups (broad SMARTS) is 1. The fourth-order valence-electron chi connectivity index (χ4n) is 4.47. The van der Waals surface area contributed by atoms with Crippen LogP contribution >= 0.6 is 0 Å². The summed E-state index contributed by atoms with van der Waals surface area (Å²) in [7, 11) is 0. The number of amides is 3. The van der Waals surface area contributed by atoms with Gasteiger partial charge in [-0.3, -0.25) is 14.4 Å². The molecule has 1 saturated heterocycles. The molecule has 0 aliphatic carbocycles. The molecule has 3 amide bonds. The summed E-state index contributed by atoms with van der Waals surface area (Å²) in [5, 5.41) is 24.4. The van der Waals surface area contributed by atoms with E-state index in [0.29, 0.717) is 51.6 Å². The molecule has 4 atom stereocenters. The van der Waals surface area contributed by atoms with Crippen LogP contribution in [0.2, 0.25) is 0 Å². The second-order valence-corrected chi connectivity index (χ2v) is 10.0. The first-order chi connectivity index (χ1) is 17.5. The van der Waals surface area contributed by atoms with E-state index in [-0.39, 0.29) is 18.1 Å². The maximum Gasteiger partial charge on any atom is 0.326 e. The van der Waals surface area contributed by atoms with Gasteiger partial charge in [0, 0.05) is 6.54 Å². The lowest BCUT2D eigenvalue weighted by Gasteiger charge is -2.29. The number of unbranched alkanes of at least 4 members (excludes halogenated alkanes) is 1. The van der Waals surface area contributed by atoms with Gasteiger partial charge in [0.2, 0.25) is 17.7 Å². The van der Waals surface area contributed by atoms with Crippen LogP contribution in [0.1, 0.15) is 57.9 Å². The average Bonchev–Trinajstić information content (AvgIpc) is 3.34. The zero-order valence-corrected chi connectivity index (χ0v) is 21.7. The molecule has 0 bridgehead atoms. The summed E-state index contributed by atoms with van der Waals surface area (Å²) < 4.78 is 0. The van der Waals surface area contributed by atoms with Gasteiger partial charge in [0.25, 0.3) is 0 Å². The molecule has 1 fully saturated rings. The third-order valence-corrected chi connectivity index (χ3v) is 6.45. The molecule has 8 N–H and O–H groups in total. The predicted molar refractivity (Wildman–Crippen MR) is 138 cm³/mol. The van der Waals surface area contributed by atoms with Crippen LogP contribution in [0.4, 0.5) is 0 Å². The zero-order chi connectivity index (χ0) is 27.5. The Bertz CT molecular complexity index is 923. The number of rotatable bonds is 14. The van der Waals surface area contributed by atoms with Crippen molar-refractivity contribution in [1.82, 2.24) is 15.5 Å². The maximum atomic E-state index is 13.3. The summed E-state index contributed by atoms with van der Waals surface area (Å²) in [5.74, 6) is -2.36. The molecular formula is C26H41N5O6. The van der Waals surface area contributed by atoms with E-state index < -0.39 is 47.9 Å². The van der Waals surface area contributed by atoms with Crippen LogP contribution in [0.5, 0.6) is 5.75 Å². The second-order valence-electron chi connectivity index (χ2n) is 10.0. The van der Waals surface area contributed by atoms with Gasteiger partial charge in [-0.15, -0.1) is 0 Å². The predicted octanol–water partition coefficient (Wildman–Crippen LogP) is 0.482. The first-order valence-corrected chi connectivity index (χ1v) is 12.9. The van der Waals surface area contributed by atoms with Crippen molar-refractivity contribution in [3.05, 3.63) is 29.8 Å². The summed E-state index contributed by atoms with van der Waals surface area (Å²) >= 11 is 0. The summed E-state index contributed by atoms with van der Waals surface area (Å²) in [6.45, 7) is 4.58. The number of carboxylic acids is 1. The van der Waals surface area contributed by atoms with E-state index >= 15 is 0 Å². The Morgan fingerprint density at radius 2 is 1.70 bits per heavy atom. The second kappa shape index (κ2) is 14.5. The molecule has 1 aromatic carbocycles. The van der Waals surface area contributed by atoms with Crippen LogP contribution in [0, 0.1) is 5.92 Å². The normalized spacial score (nSPS) is 17.8. The molecule has 37 heavy (non-hydrogen) atoms. The topological polar surface area (TPSA) is 188 Å². The van der Waals surface area contributed by atoms with Gasteiger partial charge < -0.3 is 37.2 Å². The van der Waals surface area contributed by atoms with Gasteiger partial charge >= 0.3 is 5.97 Å². The van der Waals surface area contributed by atoms with Gasteiger partial charge in [-0.2, -0.15) is 0 Å². The van der Waals surface area contributed by atoms with Crippen molar-refractivity contribution in [3.8, 4) is 5.75 Å². The van der Waals surface area contributed by atoms with Crippen LogP contribution in [0.25, 0.3) is 0 Å². The molecule has 0 saturated carbocycles. The standard InChI is InChI=1S/C26H41N5O6/c1-16(2)14-21(25(35)31-13-5-7-22(31)26(36)37)30-24(34)20(6-3-4-12-27)29-23(33)19(28)15-17-8-10-18(32)11-9-17/h8-11,16,19-22,32H,3-7,12-15,27-28H2,1-2H3,(H,29,33)(H,30,34)(H,36,37). The highest BCUT2D eigenvalue weighted by Crippen LogP contribution is 2.20. The number of carbonyl (C=O) groups is 4. The van der Waals surface area contributed by atoms with E-state index in [1.54, 1.807) is 12.1 Å². The fraction of sp³-hybridized carbons (Fsp3) is 0.615. The Kier molecular flexibility index (Phi) is 11.8. The third-order valence-electron chi connectivity index (χ3n) is 6.45. The van der Waals surface area contributed by atoms with E-state index in [1.165, 1.54) is 17.0 Å². The lowest BCUT2D eigenvalue weighted by atomic mass is 10.0. The van der Waals surface area contributed by atoms with Crippen LogP contribution < -0.4 is 22.1 Å². The Morgan fingerprint density at radius 3 is 2.30 bits per heavy atom. The van der Waals surface area contributed by atoms with Crippen LogP contribution in [-0.2, 0) is 25.6 Å². The van der Waals surface area contributed by atoms with E-state index in [9.17, 15) is 29.4 Å². The summed E-state index contributed by atoms with van der Waals surface area (Å²) in [5.41, 5.74) is 12.4. The largest absolute Gasteiger partial charge is 0.508 e. The number of hydrogen-bond donors (Lipinski definition) is 6. The molecule has 11 nitrogen and oxygen atoms in total. The first kappa shape index (κ1) is 30.0. The highest BCUT2D eigenvalue weighted by atomic mass is 16.4. The highest BCUT2D eigenvalue weighted by Gasteiger charge is 2.38. The fourth-order valence-corrected chi connectivity index (χ4v) is 4.47. The van der Waals surface area contributed by atoms with Gasteiger partial charge in [0.05, 0.1) is 6.04 Å². The molecule has 206 valence electrons. The van der Waals surface area contributed by atoms with E-state index in [2.05, 4.69) is 10.6 Å². The molecular weight excluding hydrogens is 478 g/mol. The zero-order valence-electron chi connectivity index (χ0n) is 21.7. The maximum absolute atomic E-state index is 13.3. The molecule has 1 heterocycles. The number of nitrogens with one attached hydrogen (secondary N) is 2. The third kappa shape index (κ3) is 9.32. The highest BCUT2D eigenvalue weighted by molar-refractivity contribution is 5.94. The molecule has 0 radical (unpaired) electrons. The van der Waals surface area contributed by atoms with Gasteiger partial charge in [0.15, 0.2) is 0 Å². The first-order valence-electron chi connectivity index (χ1n) is 12.9. The van der Waals surface area contributed by atoms with Crippen molar-refractivity contribution in [3.63, 3.8) is 0 Å². The number of aromatic hydroxyl groups is 1. The van der Waals surface area contributed by atoms with E-state index in [4.69, 9.17) is 11.5 Å². The van der Waals surface area contributed by atoms with Crippen LogP contribution in [0.3, 0.4) is 0 Å². The van der Waals surface area contributed by atoms with Crippen molar-refractivity contribution >= 4 is 23.7 Å². The minimum atomic E-state index is -1.06. The monoisotopic (exact) mass is 519 g/mol. The number of aliphatic carboxylic acids is 1. The van der Waals surface area contributed by atoms with Gasteiger partial charge in [-0.05, 0) is 75.1 Å². The minimum absolute atomic E-state index is 0.0594. The van der Waals surface area contributed by atoms with Gasteiger partial charge in [-0.1, -0.05) is 26.0 Å². The number of phenolic OH excluding ortho intramolecular Hbond substituents is 1. The molecule has 11 heteroatoms. The molecule has 1 aliphatic heterocycles. The number of benzene rings is 1. The number of nitrogens with zero attached hydrogens (tertiary/aromatic N) is 1. The Hall–Kier alpha value is -3.18. The number of carbonyl (C=O) groups excluding carboxylic acids is 3. The van der Waals surface area contributed by atoms with Crippen molar-refractivity contribution < 1.29 is 29.4 Å². The number of nitrogens with two attached hydrogens (primary N) is 2.